The molecule has 4 heterocycles. The number of halogens is 3. The molecule has 4 aromatic heterocycles. The van der Waals surface area contributed by atoms with E-state index in [0.717, 1.165) is 129 Å². The third-order valence-corrected chi connectivity index (χ3v) is 23.3. The molecule has 0 saturated heterocycles. The Hall–Kier alpha value is -16.3. The third kappa shape index (κ3) is 20.8. The molecule has 25 nitrogen and oxygen atoms in total. The van der Waals surface area contributed by atoms with Gasteiger partial charge in [0.05, 0.1) is 71.2 Å². The van der Waals surface area contributed by atoms with Crippen molar-refractivity contribution in [3.63, 3.8) is 0 Å². The highest BCUT2D eigenvalue weighted by Crippen LogP contribution is 2.44. The van der Waals surface area contributed by atoms with Crippen LogP contribution in [0, 0.1) is 5.82 Å². The van der Waals surface area contributed by atoms with Crippen molar-refractivity contribution < 1.29 is 69.5 Å². The second-order valence-corrected chi connectivity index (χ2v) is 33.2. The van der Waals surface area contributed by atoms with Gasteiger partial charge in [0.2, 0.25) is 23.6 Å². The molecule has 12 aromatic carbocycles. The van der Waals surface area contributed by atoms with Crippen LogP contribution >= 0.6 is 27.5 Å². The monoisotopic (exact) mass is 1840 g/mol. The van der Waals surface area contributed by atoms with E-state index in [4.69, 9.17) is 51.5 Å². The van der Waals surface area contributed by atoms with Gasteiger partial charge in [0.15, 0.2) is 23.3 Å². The van der Waals surface area contributed by atoms with Crippen LogP contribution in [0.4, 0.5) is 27.7 Å². The van der Waals surface area contributed by atoms with Crippen LogP contribution in [0.1, 0.15) is 67.3 Å². The Morgan fingerprint density at radius 2 is 0.477 bits per heavy atom. The Kier molecular flexibility index (Phi) is 25.8. The molecular formula is C104H81BrClFN12O13. The molecule has 4 aliphatic rings. The molecule has 0 bridgehead atoms. The number of hydrogen-bond acceptors (Lipinski definition) is 21. The van der Waals surface area contributed by atoms with Crippen molar-refractivity contribution in [3.8, 4) is 142 Å². The summed E-state index contributed by atoms with van der Waals surface area (Å²) in [6, 6.07) is 74.2. The van der Waals surface area contributed by atoms with Crippen molar-refractivity contribution in [2.24, 2.45) is 0 Å². The highest BCUT2D eigenvalue weighted by atomic mass is 79.9. The van der Waals surface area contributed by atoms with Gasteiger partial charge in [-0.25, -0.2) is 44.3 Å². The van der Waals surface area contributed by atoms with Crippen molar-refractivity contribution in [3.05, 3.63) is 350 Å². The summed E-state index contributed by atoms with van der Waals surface area (Å²) in [7, 11) is 0. The van der Waals surface area contributed by atoms with Crippen LogP contribution in [-0.2, 0) is 96.2 Å². The topological polar surface area (TPSA) is 402 Å². The molecule has 0 atom stereocenters. The molecule has 656 valence electrons. The van der Waals surface area contributed by atoms with Gasteiger partial charge in [-0.1, -0.05) is 76.1 Å². The molecule has 16 aromatic rings. The van der Waals surface area contributed by atoms with Crippen LogP contribution in [-0.4, -0.2) is 109 Å². The van der Waals surface area contributed by atoms with Crippen LogP contribution in [0.25, 0.3) is 90.1 Å². The van der Waals surface area contributed by atoms with E-state index in [2.05, 4.69) is 37.2 Å². The van der Waals surface area contributed by atoms with Crippen molar-refractivity contribution in [1.82, 2.24) is 39.9 Å². The fourth-order valence-electron chi connectivity index (χ4n) is 16.0. The third-order valence-electron chi connectivity index (χ3n) is 22.5. The molecule has 20 rings (SSSR count). The summed E-state index contributed by atoms with van der Waals surface area (Å²) in [4.78, 5) is 89.9. The SMILES string of the molecule is O=C(Cc1ccc(Br)cc1)Nc1nc2c(nc1-c1ccc(O)cc1)-c1ccc(O)cc1CC2.O=C(Cc1ccc(Cl)cc1)Nc1nc2c(nc1-c1ccc(O)cc1)-c1ccc(O)cc1CC2.O=C(Cc1ccc(F)cc1)Nc1nc2c(nc1-c1ccc(O)cc1)-c1ccc(O)cc1CC2.O=C(Cc1ccc(O)cc1)Nc1nc2c(nc1-c1ccc(O)cc1)-c1ccc(O)cc1CC2. The number of nitrogens with one attached hydrogen (secondary N) is 4. The zero-order valence-corrected chi connectivity index (χ0v) is 72.6. The number of hydrogen-bond donors (Lipinski definition) is 13. The van der Waals surface area contributed by atoms with Crippen LogP contribution < -0.4 is 21.3 Å². The van der Waals surface area contributed by atoms with E-state index in [1.807, 2.05) is 60.7 Å². The number of benzene rings is 12. The first-order valence-electron chi connectivity index (χ1n) is 42.2. The van der Waals surface area contributed by atoms with Crippen molar-refractivity contribution >= 4 is 74.4 Å². The summed E-state index contributed by atoms with van der Waals surface area (Å²) in [5, 5.41) is 99.9. The molecule has 4 amide bonds. The van der Waals surface area contributed by atoms with Crippen molar-refractivity contribution in [2.75, 3.05) is 21.3 Å². The van der Waals surface area contributed by atoms with Gasteiger partial charge in [0.1, 0.15) is 80.3 Å². The summed E-state index contributed by atoms with van der Waals surface area (Å²) >= 11 is 9.35. The molecule has 0 fully saturated rings. The largest absolute Gasteiger partial charge is 0.508 e. The predicted octanol–water partition coefficient (Wildman–Crippen LogP) is 19.3. The zero-order valence-electron chi connectivity index (χ0n) is 70.3. The summed E-state index contributed by atoms with van der Waals surface area (Å²) in [5.41, 5.74) is 21.7. The standard InChI is InChI=1S/C26H20BrN3O3.C26H20ClN3O3.C26H20FN3O3.C26H21N3O4/c3*27-18-6-1-15(2-7-18)13-23(33)29-26-24(16-3-8-19(31)9-4-16)30-25-21-11-10-20(32)14-17(21)5-12-22(25)28-26;30-18-6-1-15(2-7-18)13-23(33)28-26-24(16-3-8-19(31)9-4-16)29-25-21-11-10-20(32)14-17(21)5-12-22(25)27-26/h3*1-4,6-11,14,31-32H,5,12-13H2,(H,28,29,33);1-4,6-11,14,30-32H,5,12-13H2,(H,27,28,33). The first-order valence-corrected chi connectivity index (χ1v) is 43.3. The van der Waals surface area contributed by atoms with E-state index < -0.39 is 0 Å². The molecule has 4 aliphatic carbocycles. The predicted molar refractivity (Wildman–Crippen MR) is 504 cm³/mol. The Balaban J connectivity index is 0.000000123. The average Bonchev–Trinajstić information content (AvgIpc) is 0.776. The van der Waals surface area contributed by atoms with Crippen LogP contribution in [0.3, 0.4) is 0 Å². The van der Waals surface area contributed by atoms with Gasteiger partial charge in [-0.05, 0) is 314 Å². The molecule has 0 unspecified atom stereocenters. The van der Waals surface area contributed by atoms with Crippen molar-refractivity contribution in [2.45, 2.75) is 77.0 Å². The highest BCUT2D eigenvalue weighted by molar-refractivity contribution is 9.10. The molecule has 0 aliphatic heterocycles. The number of phenols is 9. The Morgan fingerprint density at radius 3 is 0.727 bits per heavy atom. The van der Waals surface area contributed by atoms with E-state index in [-0.39, 0.29) is 107 Å². The lowest BCUT2D eigenvalue weighted by Gasteiger charge is -2.21. The molecule has 28 heteroatoms. The molecular weight excluding hydrogens is 1760 g/mol. The number of rotatable bonds is 16. The summed E-state index contributed by atoms with van der Waals surface area (Å²) in [5.74, 6) is 1.66. The number of aromatic nitrogens is 8. The van der Waals surface area contributed by atoms with E-state index in [0.29, 0.717) is 112 Å². The quantitative estimate of drug-likeness (QED) is 0.0427. The van der Waals surface area contributed by atoms with Gasteiger partial charge in [0, 0.05) is 54.0 Å². The van der Waals surface area contributed by atoms with E-state index in [1.54, 1.807) is 194 Å². The second-order valence-electron chi connectivity index (χ2n) is 31.9. The number of fused-ring (bicyclic) bond motifs is 12. The Labute approximate surface area is 768 Å². The van der Waals surface area contributed by atoms with Gasteiger partial charge in [-0.2, -0.15) is 0 Å². The average molecular weight is 1840 g/mol. The fraction of sp³-hybridized carbons (Fsp3) is 0.115. The minimum Gasteiger partial charge on any atom is -0.508 e. The van der Waals surface area contributed by atoms with Gasteiger partial charge < -0.3 is 67.2 Å². The lowest BCUT2D eigenvalue weighted by atomic mass is 9.91. The Bertz CT molecular complexity index is 6260. The molecule has 0 saturated carbocycles. The van der Waals surface area contributed by atoms with Gasteiger partial charge in [0.25, 0.3) is 0 Å². The van der Waals surface area contributed by atoms with Crippen LogP contribution in [0.15, 0.2) is 271 Å². The maximum Gasteiger partial charge on any atom is 0.230 e. The summed E-state index contributed by atoms with van der Waals surface area (Å²) < 4.78 is 14.1. The van der Waals surface area contributed by atoms with E-state index in [9.17, 15) is 69.5 Å². The zero-order chi connectivity index (χ0) is 91.8. The normalized spacial score (nSPS) is 12.0. The highest BCUT2D eigenvalue weighted by Gasteiger charge is 2.30. The van der Waals surface area contributed by atoms with E-state index in [1.165, 1.54) is 12.1 Å². The fourth-order valence-corrected chi connectivity index (χ4v) is 16.4. The number of aryl methyl sites for hydroxylation is 8. The lowest BCUT2D eigenvalue weighted by molar-refractivity contribution is -0.116. The number of anilines is 4. The number of amides is 4. The minimum absolute atomic E-state index is 0.0656. The second kappa shape index (κ2) is 38.7. The summed E-state index contributed by atoms with van der Waals surface area (Å²) in [6.07, 6.45) is 6.00. The first-order chi connectivity index (χ1) is 63.8. The van der Waals surface area contributed by atoms with Gasteiger partial charge in [-0.3, -0.25) is 19.2 Å². The molecule has 0 radical (unpaired) electrons. The minimum atomic E-state index is -0.358. The lowest BCUT2D eigenvalue weighted by Crippen LogP contribution is -2.18. The Morgan fingerprint density at radius 1 is 0.265 bits per heavy atom. The molecule has 13 N–H and O–H groups in total. The number of carbonyl (C=O) groups is 4. The number of nitrogens with zero attached hydrogens (tertiary/aromatic N) is 8. The van der Waals surface area contributed by atoms with E-state index >= 15 is 0 Å². The smallest absolute Gasteiger partial charge is 0.230 e. The van der Waals surface area contributed by atoms with Crippen LogP contribution in [0.2, 0.25) is 5.02 Å². The van der Waals surface area contributed by atoms with Gasteiger partial charge >= 0.3 is 0 Å². The molecule has 0 spiro atoms. The maximum absolute atomic E-state index is 13.2. The summed E-state index contributed by atoms with van der Waals surface area (Å²) in [6.45, 7) is 0. The maximum atomic E-state index is 13.2. The number of phenolic OH excluding ortho intramolecular Hbond substituents is 9. The van der Waals surface area contributed by atoms with Crippen molar-refractivity contribution in [1.29, 1.82) is 0 Å². The number of aromatic hydroxyl groups is 9. The first kappa shape index (κ1) is 87.8. The number of carbonyl (C=O) groups excluding carboxylic acids is 4. The molecule has 132 heavy (non-hydrogen) atoms. The van der Waals surface area contributed by atoms with Crippen LogP contribution in [0.5, 0.6) is 51.7 Å². The van der Waals surface area contributed by atoms with Gasteiger partial charge in [-0.15, -0.1) is 0 Å².